The highest BCUT2D eigenvalue weighted by Gasteiger charge is 2.38. The van der Waals surface area contributed by atoms with Crippen LogP contribution in [0.25, 0.3) is 11.1 Å². The Morgan fingerprint density at radius 1 is 1.06 bits per heavy atom. The van der Waals surface area contributed by atoms with Crippen LogP contribution in [0.2, 0.25) is 0 Å². The molecule has 2 amide bonds. The van der Waals surface area contributed by atoms with E-state index in [0.29, 0.717) is 19.4 Å². The summed E-state index contributed by atoms with van der Waals surface area (Å²) in [5, 5.41) is 13.3. The number of nitrogens with one attached hydrogen (secondary N) is 1. The number of carbonyl (C=O) groups is 3. The van der Waals surface area contributed by atoms with Gasteiger partial charge in [-0.3, -0.25) is 9.59 Å². The maximum Gasteiger partial charge on any atom is 0.337 e. The van der Waals surface area contributed by atoms with E-state index >= 15 is 0 Å². The molecule has 1 fully saturated rings. The summed E-state index contributed by atoms with van der Waals surface area (Å²) < 4.78 is 4.88. The number of esters is 1. The Labute approximate surface area is 187 Å². The number of aliphatic hydroxyl groups is 1. The van der Waals surface area contributed by atoms with Gasteiger partial charge in [-0.25, -0.2) is 4.79 Å². The molecule has 32 heavy (non-hydrogen) atoms. The predicted molar refractivity (Wildman–Crippen MR) is 118 cm³/mol. The fourth-order valence-electron chi connectivity index (χ4n) is 4.72. The molecule has 1 aliphatic heterocycles. The van der Waals surface area contributed by atoms with Crippen molar-refractivity contribution in [2.45, 2.75) is 50.8 Å². The highest BCUT2D eigenvalue weighted by Crippen LogP contribution is 2.43. The van der Waals surface area contributed by atoms with Crippen molar-refractivity contribution >= 4 is 17.8 Å². The van der Waals surface area contributed by atoms with Crippen LogP contribution in [0.4, 0.5) is 0 Å². The van der Waals surface area contributed by atoms with E-state index in [4.69, 9.17) is 4.74 Å². The minimum absolute atomic E-state index is 0.0217. The lowest BCUT2D eigenvalue weighted by Crippen LogP contribution is -2.46. The zero-order valence-corrected chi connectivity index (χ0v) is 18.1. The molecule has 1 saturated heterocycles. The molecular formula is C25H28N2O5. The Bertz CT molecular complexity index is 975. The molecular weight excluding hydrogens is 408 g/mol. The molecule has 1 aliphatic carbocycles. The number of ether oxygens (including phenoxy) is 1. The maximum atomic E-state index is 12.8. The Kier molecular flexibility index (Phi) is 6.55. The zero-order chi connectivity index (χ0) is 22.7. The molecule has 1 unspecified atom stereocenters. The highest BCUT2D eigenvalue weighted by atomic mass is 16.5. The molecule has 7 heteroatoms. The molecule has 0 spiro atoms. The van der Waals surface area contributed by atoms with Gasteiger partial charge in [-0.2, -0.15) is 0 Å². The molecule has 7 nitrogen and oxygen atoms in total. The fraction of sp³-hybridized carbons (Fsp3) is 0.400. The lowest BCUT2D eigenvalue weighted by molar-refractivity contribution is -0.157. The molecule has 0 bridgehead atoms. The van der Waals surface area contributed by atoms with Crippen molar-refractivity contribution in [1.29, 1.82) is 0 Å². The number of rotatable bonds is 7. The van der Waals surface area contributed by atoms with Crippen molar-refractivity contribution in [1.82, 2.24) is 10.2 Å². The van der Waals surface area contributed by atoms with Gasteiger partial charge in [-0.1, -0.05) is 48.5 Å². The summed E-state index contributed by atoms with van der Waals surface area (Å²) >= 11 is 0. The van der Waals surface area contributed by atoms with Crippen LogP contribution in [0.1, 0.15) is 49.8 Å². The monoisotopic (exact) mass is 436 g/mol. The van der Waals surface area contributed by atoms with Gasteiger partial charge in [0, 0.05) is 19.4 Å². The zero-order valence-electron chi connectivity index (χ0n) is 18.1. The Morgan fingerprint density at radius 2 is 1.69 bits per heavy atom. The van der Waals surface area contributed by atoms with Crippen LogP contribution in [-0.4, -0.2) is 53.1 Å². The molecule has 4 rings (SSSR count). The Hall–Kier alpha value is -3.19. The van der Waals surface area contributed by atoms with E-state index in [1.54, 1.807) is 6.92 Å². The van der Waals surface area contributed by atoms with Gasteiger partial charge < -0.3 is 20.1 Å². The van der Waals surface area contributed by atoms with Crippen LogP contribution in [0, 0.1) is 0 Å². The van der Waals surface area contributed by atoms with Gasteiger partial charge >= 0.3 is 5.97 Å². The Morgan fingerprint density at radius 3 is 2.31 bits per heavy atom. The van der Waals surface area contributed by atoms with E-state index < -0.39 is 18.1 Å². The van der Waals surface area contributed by atoms with Gasteiger partial charge in [0.1, 0.15) is 0 Å². The maximum absolute atomic E-state index is 12.8. The van der Waals surface area contributed by atoms with Crippen molar-refractivity contribution in [2.24, 2.45) is 0 Å². The van der Waals surface area contributed by atoms with Gasteiger partial charge in [0.2, 0.25) is 11.8 Å². The largest absolute Gasteiger partial charge is 0.464 e. The van der Waals surface area contributed by atoms with Crippen LogP contribution in [0.5, 0.6) is 0 Å². The molecule has 0 aromatic heterocycles. The van der Waals surface area contributed by atoms with Gasteiger partial charge in [0.15, 0.2) is 6.10 Å². The molecule has 2 aromatic rings. The van der Waals surface area contributed by atoms with Crippen molar-refractivity contribution in [3.8, 4) is 11.1 Å². The first kappa shape index (κ1) is 22.0. The number of aliphatic hydroxyl groups excluding tert-OH is 1. The molecule has 2 atom stereocenters. The number of fused-ring (bicyclic) bond motifs is 3. The molecule has 2 aliphatic rings. The van der Waals surface area contributed by atoms with E-state index in [2.05, 4.69) is 5.32 Å². The van der Waals surface area contributed by atoms with Crippen LogP contribution in [0.3, 0.4) is 0 Å². The number of benzene rings is 2. The average Bonchev–Trinajstić information content (AvgIpc) is 3.41. The summed E-state index contributed by atoms with van der Waals surface area (Å²) in [5.41, 5.74) is 4.31. The molecule has 168 valence electrons. The van der Waals surface area contributed by atoms with Crippen molar-refractivity contribution in [2.75, 3.05) is 13.2 Å². The first-order valence-corrected chi connectivity index (χ1v) is 11.1. The first-order valence-electron chi connectivity index (χ1n) is 11.1. The van der Waals surface area contributed by atoms with E-state index in [-0.39, 0.29) is 37.3 Å². The van der Waals surface area contributed by atoms with E-state index in [0.717, 1.165) is 22.3 Å². The molecule has 0 radical (unpaired) electrons. The number of likely N-dealkylation sites (tertiary alicyclic amines) is 1. The summed E-state index contributed by atoms with van der Waals surface area (Å²) in [4.78, 5) is 38.9. The lowest BCUT2D eigenvalue weighted by atomic mass is 10.0. The molecule has 2 N–H and O–H groups in total. The third-order valence-corrected chi connectivity index (χ3v) is 6.22. The highest BCUT2D eigenvalue weighted by molar-refractivity contribution is 5.87. The average molecular weight is 437 g/mol. The smallest absolute Gasteiger partial charge is 0.337 e. The number of nitrogens with zero attached hydrogens (tertiary/aromatic N) is 1. The normalized spacial score (nSPS) is 18.1. The first-order chi connectivity index (χ1) is 15.5. The third-order valence-electron chi connectivity index (χ3n) is 6.22. The standard InChI is InChI=1S/C25H28N2O5/c1-2-32-25(31)24(30)20-12-7-15-27(20)22(29)14-13-21(28)26-23-18-10-5-3-8-16(18)17-9-4-6-11-19(17)23/h3-6,8-11,20,23-24,30H,2,7,12-15H2,1H3,(H,26,28)/t20-,24?/m0/s1. The second-order valence-corrected chi connectivity index (χ2v) is 8.17. The van der Waals surface area contributed by atoms with Crippen molar-refractivity contribution in [3.63, 3.8) is 0 Å². The van der Waals surface area contributed by atoms with Gasteiger partial charge in [-0.15, -0.1) is 0 Å². The number of hydrogen-bond donors (Lipinski definition) is 2. The Balaban J connectivity index is 1.37. The van der Waals surface area contributed by atoms with Crippen LogP contribution >= 0.6 is 0 Å². The SMILES string of the molecule is CCOC(=O)C(O)[C@@H]1CCCN1C(=O)CCC(=O)NC1c2ccccc2-c2ccccc21. The number of amides is 2. The van der Waals surface area contributed by atoms with Crippen molar-refractivity contribution < 1.29 is 24.2 Å². The quantitative estimate of drug-likeness (QED) is 0.651. The van der Waals surface area contributed by atoms with Gasteiger partial charge in [-0.05, 0) is 42.0 Å². The molecule has 0 saturated carbocycles. The number of hydrogen-bond acceptors (Lipinski definition) is 5. The molecule has 1 heterocycles. The molecule has 2 aromatic carbocycles. The second-order valence-electron chi connectivity index (χ2n) is 8.17. The van der Waals surface area contributed by atoms with E-state index in [1.807, 2.05) is 48.5 Å². The second kappa shape index (κ2) is 9.53. The fourth-order valence-corrected chi connectivity index (χ4v) is 4.72. The predicted octanol–water partition coefficient (Wildman–Crippen LogP) is 2.57. The van der Waals surface area contributed by atoms with Gasteiger partial charge in [0.25, 0.3) is 0 Å². The summed E-state index contributed by atoms with van der Waals surface area (Å²) in [6.45, 7) is 2.30. The third kappa shape index (κ3) is 4.25. The topological polar surface area (TPSA) is 95.9 Å². The van der Waals surface area contributed by atoms with Gasteiger partial charge in [0.05, 0.1) is 18.7 Å². The van der Waals surface area contributed by atoms with Crippen molar-refractivity contribution in [3.05, 3.63) is 59.7 Å². The summed E-state index contributed by atoms with van der Waals surface area (Å²) in [6, 6.07) is 15.1. The lowest BCUT2D eigenvalue weighted by Gasteiger charge is -2.27. The van der Waals surface area contributed by atoms with Crippen LogP contribution in [0.15, 0.2) is 48.5 Å². The minimum atomic E-state index is -1.36. The van der Waals surface area contributed by atoms with Crippen LogP contribution < -0.4 is 5.32 Å². The van der Waals surface area contributed by atoms with E-state index in [9.17, 15) is 19.5 Å². The van der Waals surface area contributed by atoms with E-state index in [1.165, 1.54) is 4.90 Å². The summed E-state index contributed by atoms with van der Waals surface area (Å²) in [6.07, 6.45) is -0.0594. The minimum Gasteiger partial charge on any atom is -0.464 e. The van der Waals surface area contributed by atoms with Crippen LogP contribution in [-0.2, 0) is 19.1 Å². The summed E-state index contributed by atoms with van der Waals surface area (Å²) in [5.74, 6) is -1.16. The summed E-state index contributed by atoms with van der Waals surface area (Å²) in [7, 11) is 0. The number of carbonyl (C=O) groups excluding carboxylic acids is 3.